The minimum Gasteiger partial charge on any atom is -0.317 e. The lowest BCUT2D eigenvalue weighted by Gasteiger charge is -2.20. The van der Waals surface area contributed by atoms with Crippen molar-refractivity contribution < 1.29 is 0 Å². The van der Waals surface area contributed by atoms with Crippen molar-refractivity contribution in [3.05, 3.63) is 38.2 Å². The Kier molecular flexibility index (Phi) is 3.96. The molecule has 0 saturated carbocycles. The lowest BCUT2D eigenvalue weighted by atomic mass is 9.99. The van der Waals surface area contributed by atoms with Crippen LogP contribution in [0, 0.1) is 3.57 Å². The van der Waals surface area contributed by atoms with Gasteiger partial charge >= 0.3 is 0 Å². The van der Waals surface area contributed by atoms with E-state index in [0.717, 1.165) is 18.8 Å². The number of rotatable bonds is 2. The minimum absolute atomic E-state index is 0.661. The summed E-state index contributed by atoms with van der Waals surface area (Å²) in [5.41, 5.74) is 2.36. The summed E-state index contributed by atoms with van der Waals surface area (Å²) in [4.78, 5) is 4.82. The minimum atomic E-state index is 0.661. The summed E-state index contributed by atoms with van der Waals surface area (Å²) in [5, 5.41) is 6.91. The zero-order chi connectivity index (χ0) is 12.4. The first-order valence-corrected chi connectivity index (χ1v) is 8.21. The van der Waals surface area contributed by atoms with Crippen molar-refractivity contribution in [2.45, 2.75) is 18.8 Å². The molecule has 1 aromatic heterocycles. The van der Waals surface area contributed by atoms with Gasteiger partial charge in [-0.1, -0.05) is 12.1 Å². The van der Waals surface area contributed by atoms with Crippen LogP contribution in [-0.2, 0) is 0 Å². The summed E-state index contributed by atoms with van der Waals surface area (Å²) in [6.45, 7) is 2.26. The maximum Gasteiger partial charge on any atom is 0.0964 e. The smallest absolute Gasteiger partial charge is 0.0964 e. The van der Waals surface area contributed by atoms with Gasteiger partial charge in [-0.15, -0.1) is 11.3 Å². The van der Waals surface area contributed by atoms with Gasteiger partial charge in [0.1, 0.15) is 0 Å². The summed E-state index contributed by atoms with van der Waals surface area (Å²) >= 11 is 4.15. The summed E-state index contributed by atoms with van der Waals surface area (Å²) < 4.78 is 1.27. The van der Waals surface area contributed by atoms with Gasteiger partial charge < -0.3 is 5.32 Å². The van der Waals surface area contributed by atoms with E-state index < -0.39 is 0 Å². The van der Waals surface area contributed by atoms with E-state index in [-0.39, 0.29) is 0 Å². The maximum atomic E-state index is 4.82. The molecule has 0 amide bonds. The third-order valence-corrected chi connectivity index (χ3v) is 5.08. The number of halogens is 1. The number of piperidine rings is 1. The highest BCUT2D eigenvalue weighted by atomic mass is 127. The van der Waals surface area contributed by atoms with Gasteiger partial charge in [0.15, 0.2) is 0 Å². The highest BCUT2D eigenvalue weighted by Gasteiger charge is 2.18. The Morgan fingerprint density at radius 1 is 1.17 bits per heavy atom. The third-order valence-electron chi connectivity index (χ3n) is 3.35. The van der Waals surface area contributed by atoms with Crippen LogP contribution in [0.2, 0.25) is 0 Å². The summed E-state index contributed by atoms with van der Waals surface area (Å²) in [5.74, 6) is 0.661. The molecule has 1 fully saturated rings. The van der Waals surface area contributed by atoms with Crippen molar-refractivity contribution in [2.75, 3.05) is 13.1 Å². The van der Waals surface area contributed by atoms with Gasteiger partial charge in [0.25, 0.3) is 0 Å². The molecule has 4 heteroatoms. The van der Waals surface area contributed by atoms with Crippen molar-refractivity contribution in [3.63, 3.8) is 0 Å². The maximum absolute atomic E-state index is 4.82. The van der Waals surface area contributed by atoms with E-state index in [1.54, 1.807) is 0 Å². The number of hydrogen-bond donors (Lipinski definition) is 1. The Morgan fingerprint density at radius 2 is 1.89 bits per heavy atom. The van der Waals surface area contributed by atoms with Crippen LogP contribution in [0.5, 0.6) is 0 Å². The normalized spacial score (nSPS) is 16.9. The fourth-order valence-corrected chi connectivity index (χ4v) is 3.66. The average Bonchev–Trinajstić information content (AvgIpc) is 2.90. The molecule has 0 atom stereocenters. The van der Waals surface area contributed by atoms with E-state index in [0.29, 0.717) is 5.92 Å². The van der Waals surface area contributed by atoms with Gasteiger partial charge in [0.2, 0.25) is 0 Å². The van der Waals surface area contributed by atoms with Crippen LogP contribution < -0.4 is 5.32 Å². The Balaban J connectivity index is 1.82. The summed E-state index contributed by atoms with van der Waals surface area (Å²) in [6.07, 6.45) is 2.44. The Bertz CT molecular complexity index is 515. The molecule has 1 saturated heterocycles. The zero-order valence-electron chi connectivity index (χ0n) is 10.0. The molecule has 0 bridgehead atoms. The highest BCUT2D eigenvalue weighted by Crippen LogP contribution is 2.31. The molecule has 1 aliphatic rings. The average molecular weight is 370 g/mol. The molecule has 2 heterocycles. The second-order valence-electron chi connectivity index (χ2n) is 4.60. The molecule has 0 radical (unpaired) electrons. The van der Waals surface area contributed by atoms with Gasteiger partial charge in [0.05, 0.1) is 10.7 Å². The molecule has 1 aromatic carbocycles. The molecular weight excluding hydrogens is 355 g/mol. The molecule has 0 unspecified atom stereocenters. The number of aromatic nitrogens is 1. The SMILES string of the molecule is Ic1ccc(-c2csc(C3CCNCC3)n2)cc1. The first kappa shape index (κ1) is 12.6. The monoisotopic (exact) mass is 370 g/mol. The zero-order valence-corrected chi connectivity index (χ0v) is 13.0. The molecule has 0 aliphatic carbocycles. The summed E-state index contributed by atoms with van der Waals surface area (Å²) in [7, 11) is 0. The topological polar surface area (TPSA) is 24.9 Å². The van der Waals surface area contributed by atoms with Gasteiger partial charge in [0, 0.05) is 20.4 Å². The second-order valence-corrected chi connectivity index (χ2v) is 6.74. The molecule has 1 N–H and O–H groups in total. The van der Waals surface area contributed by atoms with Crippen molar-refractivity contribution in [1.82, 2.24) is 10.3 Å². The Morgan fingerprint density at radius 3 is 2.61 bits per heavy atom. The van der Waals surface area contributed by atoms with Crippen LogP contribution >= 0.6 is 33.9 Å². The highest BCUT2D eigenvalue weighted by molar-refractivity contribution is 14.1. The quantitative estimate of drug-likeness (QED) is 0.812. The van der Waals surface area contributed by atoms with Crippen LogP contribution in [0.1, 0.15) is 23.8 Å². The van der Waals surface area contributed by atoms with Crippen LogP contribution in [0.4, 0.5) is 0 Å². The van der Waals surface area contributed by atoms with Gasteiger partial charge in [-0.3, -0.25) is 0 Å². The van der Waals surface area contributed by atoms with Gasteiger partial charge in [-0.05, 0) is 60.7 Å². The van der Waals surface area contributed by atoms with Crippen molar-refractivity contribution in [2.24, 2.45) is 0 Å². The fraction of sp³-hybridized carbons (Fsp3) is 0.357. The van der Waals surface area contributed by atoms with E-state index in [4.69, 9.17) is 4.98 Å². The lowest BCUT2D eigenvalue weighted by Crippen LogP contribution is -2.26. The second kappa shape index (κ2) is 5.67. The first-order valence-electron chi connectivity index (χ1n) is 6.25. The standard InChI is InChI=1S/C14H15IN2S/c15-12-3-1-10(2-4-12)13-9-18-14(17-13)11-5-7-16-8-6-11/h1-4,9,11,16H,5-8H2. The van der Waals surface area contributed by atoms with E-state index in [2.05, 4.69) is 57.6 Å². The molecule has 0 spiro atoms. The van der Waals surface area contributed by atoms with Crippen molar-refractivity contribution >= 4 is 33.9 Å². The van der Waals surface area contributed by atoms with E-state index >= 15 is 0 Å². The first-order chi connectivity index (χ1) is 8.83. The molecule has 18 heavy (non-hydrogen) atoms. The Hall–Kier alpha value is -0.460. The third kappa shape index (κ3) is 2.75. The predicted octanol–water partition coefficient (Wildman–Crippen LogP) is 3.88. The van der Waals surface area contributed by atoms with Crippen molar-refractivity contribution in [1.29, 1.82) is 0 Å². The fourth-order valence-electron chi connectivity index (χ4n) is 2.30. The molecule has 1 aliphatic heterocycles. The lowest BCUT2D eigenvalue weighted by molar-refractivity contribution is 0.459. The number of nitrogens with one attached hydrogen (secondary N) is 1. The molecule has 2 aromatic rings. The van der Waals surface area contributed by atoms with Crippen LogP contribution in [0.25, 0.3) is 11.3 Å². The number of benzene rings is 1. The summed E-state index contributed by atoms with van der Waals surface area (Å²) in [6, 6.07) is 8.59. The Labute approximate surface area is 125 Å². The number of hydrogen-bond acceptors (Lipinski definition) is 3. The molecule has 3 rings (SSSR count). The van der Waals surface area contributed by atoms with Gasteiger partial charge in [-0.2, -0.15) is 0 Å². The molecule has 2 nitrogen and oxygen atoms in total. The van der Waals surface area contributed by atoms with Crippen LogP contribution in [0.3, 0.4) is 0 Å². The van der Waals surface area contributed by atoms with Crippen LogP contribution in [0.15, 0.2) is 29.6 Å². The van der Waals surface area contributed by atoms with E-state index in [1.807, 2.05) is 11.3 Å². The van der Waals surface area contributed by atoms with Gasteiger partial charge in [-0.25, -0.2) is 4.98 Å². The number of nitrogens with zero attached hydrogens (tertiary/aromatic N) is 1. The predicted molar refractivity (Wildman–Crippen MR) is 85.1 cm³/mol. The van der Waals surface area contributed by atoms with Crippen molar-refractivity contribution in [3.8, 4) is 11.3 Å². The van der Waals surface area contributed by atoms with Crippen LogP contribution in [-0.4, -0.2) is 18.1 Å². The largest absolute Gasteiger partial charge is 0.317 e. The number of thiazole rings is 1. The molecular formula is C14H15IN2S. The van der Waals surface area contributed by atoms with E-state index in [1.165, 1.54) is 27.0 Å². The molecule has 94 valence electrons. The van der Waals surface area contributed by atoms with E-state index in [9.17, 15) is 0 Å².